The van der Waals surface area contributed by atoms with Crippen LogP contribution in [0.4, 0.5) is 0 Å². The van der Waals surface area contributed by atoms with Crippen molar-refractivity contribution in [3.63, 3.8) is 0 Å². The number of nitrogens with zero attached hydrogens (tertiary/aromatic N) is 1. The summed E-state index contributed by atoms with van der Waals surface area (Å²) in [5.41, 5.74) is 2.08. The van der Waals surface area contributed by atoms with Crippen LogP contribution in [0.1, 0.15) is 30.4 Å². The molecule has 0 bridgehead atoms. The van der Waals surface area contributed by atoms with E-state index >= 15 is 0 Å². The quantitative estimate of drug-likeness (QED) is 0.891. The van der Waals surface area contributed by atoms with Crippen LogP contribution in [-0.2, 0) is 11.3 Å². The molecule has 0 spiro atoms. The van der Waals surface area contributed by atoms with Gasteiger partial charge in [0.25, 0.3) is 0 Å². The van der Waals surface area contributed by atoms with E-state index < -0.39 is 0 Å². The maximum absolute atomic E-state index is 12.2. The first-order valence-corrected chi connectivity index (χ1v) is 6.53. The van der Waals surface area contributed by atoms with Gasteiger partial charge in [0.1, 0.15) is 0 Å². The number of aromatic nitrogens is 1. The van der Waals surface area contributed by atoms with E-state index in [0.29, 0.717) is 6.54 Å². The van der Waals surface area contributed by atoms with Gasteiger partial charge >= 0.3 is 0 Å². The predicted octanol–water partition coefficient (Wildman–Crippen LogP) is 2.89. The number of hydrogen-bond donors (Lipinski definition) is 1. The predicted molar refractivity (Wildman–Crippen MR) is 75.6 cm³/mol. The highest BCUT2D eigenvalue weighted by Crippen LogP contribution is 2.19. The minimum atomic E-state index is -0.0853. The number of amides is 1. The van der Waals surface area contributed by atoms with Crippen LogP contribution >= 0.6 is 0 Å². The van der Waals surface area contributed by atoms with Crippen LogP contribution < -0.4 is 5.32 Å². The van der Waals surface area contributed by atoms with Crippen LogP contribution in [0.3, 0.4) is 0 Å². The molecule has 0 aliphatic rings. The summed E-state index contributed by atoms with van der Waals surface area (Å²) in [7, 11) is 0. The van der Waals surface area contributed by atoms with E-state index in [9.17, 15) is 4.79 Å². The Bertz CT molecular complexity index is 511. The third-order valence-electron chi connectivity index (χ3n) is 3.12. The second-order valence-electron chi connectivity index (χ2n) is 4.45. The average molecular weight is 254 g/mol. The number of rotatable bonds is 5. The van der Waals surface area contributed by atoms with Crippen molar-refractivity contribution >= 4 is 5.91 Å². The molecule has 0 unspecified atom stereocenters. The van der Waals surface area contributed by atoms with E-state index in [-0.39, 0.29) is 11.8 Å². The molecule has 3 heteroatoms. The molecule has 0 aliphatic heterocycles. The molecule has 2 aromatic rings. The van der Waals surface area contributed by atoms with Crippen LogP contribution in [0, 0.1) is 0 Å². The molecule has 1 atom stereocenters. The van der Waals surface area contributed by atoms with Crippen molar-refractivity contribution in [3.05, 3.63) is 66.0 Å². The van der Waals surface area contributed by atoms with Gasteiger partial charge in [-0.15, -0.1) is 0 Å². The van der Waals surface area contributed by atoms with E-state index in [1.165, 1.54) is 0 Å². The maximum atomic E-state index is 12.2. The third kappa shape index (κ3) is 3.65. The first kappa shape index (κ1) is 13.3. The molecule has 0 saturated carbocycles. The summed E-state index contributed by atoms with van der Waals surface area (Å²) in [4.78, 5) is 16.3. The topological polar surface area (TPSA) is 42.0 Å². The standard InChI is InChI=1S/C16H18N2O/c1-2-15(14-8-4-3-5-9-14)16(19)18-12-13-7-6-10-17-11-13/h3-11,15H,2,12H2,1H3,(H,18,19)/t15-/m0/s1. The molecule has 1 heterocycles. The van der Waals surface area contributed by atoms with Crippen molar-refractivity contribution < 1.29 is 4.79 Å². The van der Waals surface area contributed by atoms with Gasteiger partial charge in [0, 0.05) is 18.9 Å². The number of benzene rings is 1. The van der Waals surface area contributed by atoms with Crippen LogP contribution in [0.15, 0.2) is 54.9 Å². The molecule has 1 amide bonds. The summed E-state index contributed by atoms with van der Waals surface area (Å²) in [5, 5.41) is 2.97. The van der Waals surface area contributed by atoms with Crippen molar-refractivity contribution in [1.82, 2.24) is 10.3 Å². The van der Waals surface area contributed by atoms with Crippen molar-refractivity contribution in [2.75, 3.05) is 0 Å². The first-order valence-electron chi connectivity index (χ1n) is 6.53. The normalized spacial score (nSPS) is 11.8. The Labute approximate surface area is 113 Å². The zero-order valence-electron chi connectivity index (χ0n) is 11.0. The molecular formula is C16H18N2O. The van der Waals surface area contributed by atoms with Crippen LogP contribution in [-0.4, -0.2) is 10.9 Å². The number of carbonyl (C=O) groups is 1. The van der Waals surface area contributed by atoms with Crippen LogP contribution in [0.5, 0.6) is 0 Å². The fourth-order valence-electron chi connectivity index (χ4n) is 2.07. The highest BCUT2D eigenvalue weighted by Gasteiger charge is 2.17. The third-order valence-corrected chi connectivity index (χ3v) is 3.12. The lowest BCUT2D eigenvalue weighted by Crippen LogP contribution is -2.28. The second-order valence-corrected chi connectivity index (χ2v) is 4.45. The van der Waals surface area contributed by atoms with Crippen LogP contribution in [0.25, 0.3) is 0 Å². The second kappa shape index (κ2) is 6.69. The van der Waals surface area contributed by atoms with Crippen molar-refractivity contribution in [1.29, 1.82) is 0 Å². The molecule has 1 aromatic carbocycles. The van der Waals surface area contributed by atoms with E-state index in [1.807, 2.05) is 49.4 Å². The lowest BCUT2D eigenvalue weighted by atomic mass is 9.95. The average Bonchev–Trinajstić information content (AvgIpc) is 2.48. The molecule has 0 fully saturated rings. The van der Waals surface area contributed by atoms with Gasteiger partial charge < -0.3 is 5.32 Å². The number of carbonyl (C=O) groups excluding carboxylic acids is 1. The largest absolute Gasteiger partial charge is 0.351 e. The summed E-state index contributed by atoms with van der Waals surface area (Å²) >= 11 is 0. The SMILES string of the molecule is CC[C@H](C(=O)NCc1cccnc1)c1ccccc1. The Kier molecular flexibility index (Phi) is 4.67. The first-order chi connectivity index (χ1) is 9.31. The maximum Gasteiger partial charge on any atom is 0.227 e. The van der Waals surface area contributed by atoms with E-state index in [4.69, 9.17) is 0 Å². The molecule has 19 heavy (non-hydrogen) atoms. The van der Waals surface area contributed by atoms with Crippen LogP contribution in [0.2, 0.25) is 0 Å². The van der Waals surface area contributed by atoms with Gasteiger partial charge in [-0.2, -0.15) is 0 Å². The molecule has 3 nitrogen and oxygen atoms in total. The lowest BCUT2D eigenvalue weighted by Gasteiger charge is -2.15. The summed E-state index contributed by atoms with van der Waals surface area (Å²) in [6.07, 6.45) is 4.29. The molecule has 1 aromatic heterocycles. The van der Waals surface area contributed by atoms with Gasteiger partial charge in [-0.05, 0) is 23.6 Å². The van der Waals surface area contributed by atoms with Crippen molar-refractivity contribution in [2.45, 2.75) is 25.8 Å². The van der Waals surface area contributed by atoms with Gasteiger partial charge in [-0.3, -0.25) is 9.78 Å². The lowest BCUT2D eigenvalue weighted by molar-refractivity contribution is -0.122. The Balaban J connectivity index is 1.98. The minimum Gasteiger partial charge on any atom is -0.351 e. The summed E-state index contributed by atoms with van der Waals surface area (Å²) in [6, 6.07) is 13.7. The highest BCUT2D eigenvalue weighted by atomic mass is 16.1. The van der Waals surface area contributed by atoms with Gasteiger partial charge in [0.2, 0.25) is 5.91 Å². The monoisotopic (exact) mass is 254 g/mol. The number of pyridine rings is 1. The number of hydrogen-bond acceptors (Lipinski definition) is 2. The Morgan fingerprint density at radius 1 is 1.21 bits per heavy atom. The van der Waals surface area contributed by atoms with Gasteiger partial charge in [0.05, 0.1) is 5.92 Å². The molecule has 2 rings (SSSR count). The summed E-state index contributed by atoms with van der Waals surface area (Å²) in [5.74, 6) is -0.0181. The molecule has 98 valence electrons. The van der Waals surface area contributed by atoms with Crippen molar-refractivity contribution in [3.8, 4) is 0 Å². The minimum absolute atomic E-state index is 0.0672. The van der Waals surface area contributed by atoms with E-state index in [1.54, 1.807) is 12.4 Å². The Morgan fingerprint density at radius 2 is 2.00 bits per heavy atom. The molecule has 0 radical (unpaired) electrons. The molecule has 0 saturated heterocycles. The molecule has 0 aliphatic carbocycles. The zero-order chi connectivity index (χ0) is 13.5. The fourth-order valence-corrected chi connectivity index (χ4v) is 2.07. The van der Waals surface area contributed by atoms with Gasteiger partial charge in [-0.1, -0.05) is 43.3 Å². The smallest absolute Gasteiger partial charge is 0.227 e. The van der Waals surface area contributed by atoms with Gasteiger partial charge in [0.15, 0.2) is 0 Å². The summed E-state index contributed by atoms with van der Waals surface area (Å²) < 4.78 is 0. The molecule has 1 N–H and O–H groups in total. The van der Waals surface area contributed by atoms with E-state index in [0.717, 1.165) is 17.5 Å². The fraction of sp³-hybridized carbons (Fsp3) is 0.250. The Morgan fingerprint density at radius 3 is 2.63 bits per heavy atom. The zero-order valence-corrected chi connectivity index (χ0v) is 11.0. The highest BCUT2D eigenvalue weighted by molar-refractivity contribution is 5.83. The van der Waals surface area contributed by atoms with Gasteiger partial charge in [-0.25, -0.2) is 0 Å². The summed E-state index contributed by atoms with van der Waals surface area (Å²) in [6.45, 7) is 2.55. The number of nitrogens with one attached hydrogen (secondary N) is 1. The van der Waals surface area contributed by atoms with E-state index in [2.05, 4.69) is 10.3 Å². The Hall–Kier alpha value is -2.16. The van der Waals surface area contributed by atoms with Crippen molar-refractivity contribution in [2.24, 2.45) is 0 Å². The molecular weight excluding hydrogens is 236 g/mol.